The van der Waals surface area contributed by atoms with Crippen LogP contribution in [0.2, 0.25) is 0 Å². The number of nitrogens with zero attached hydrogens (tertiary/aromatic N) is 3. The van der Waals surface area contributed by atoms with Gasteiger partial charge >= 0.3 is 0 Å². The molecule has 0 bridgehead atoms. The van der Waals surface area contributed by atoms with Crippen molar-refractivity contribution < 1.29 is 5.11 Å². The van der Waals surface area contributed by atoms with Gasteiger partial charge in [0, 0.05) is 18.3 Å². The largest absolute Gasteiger partial charge is 0.508 e. The average molecular weight is 315 g/mol. The monoisotopic (exact) mass is 315 g/mol. The number of phenols is 1. The van der Waals surface area contributed by atoms with Crippen LogP contribution in [0.4, 0.5) is 0 Å². The standard InChI is InChI=1S/C20H17N3O/c1-2-23-19(22-18-4-3-13-21-20(18)23)16-7-5-14(6-8-16)15-9-11-17(24)12-10-15/h3-13,24H,2H2,1H3. The number of hydrogen-bond acceptors (Lipinski definition) is 3. The Balaban J connectivity index is 1.76. The Morgan fingerprint density at radius 3 is 2.17 bits per heavy atom. The number of phenolic OH excluding ortho intramolecular Hbond substituents is 1. The van der Waals surface area contributed by atoms with Crippen molar-refractivity contribution in [2.75, 3.05) is 0 Å². The first-order valence-electron chi connectivity index (χ1n) is 7.97. The van der Waals surface area contributed by atoms with Crippen molar-refractivity contribution in [3.05, 3.63) is 66.9 Å². The van der Waals surface area contributed by atoms with Crippen molar-refractivity contribution in [2.24, 2.45) is 0 Å². The van der Waals surface area contributed by atoms with Gasteiger partial charge in [-0.3, -0.25) is 0 Å². The van der Waals surface area contributed by atoms with Crippen molar-refractivity contribution in [3.8, 4) is 28.3 Å². The molecule has 4 nitrogen and oxygen atoms in total. The number of pyridine rings is 1. The summed E-state index contributed by atoms with van der Waals surface area (Å²) in [5, 5.41) is 9.41. The fraction of sp³-hybridized carbons (Fsp3) is 0.100. The fourth-order valence-corrected chi connectivity index (χ4v) is 2.94. The minimum absolute atomic E-state index is 0.277. The van der Waals surface area contributed by atoms with E-state index < -0.39 is 0 Å². The zero-order chi connectivity index (χ0) is 16.5. The van der Waals surface area contributed by atoms with Gasteiger partial charge in [-0.2, -0.15) is 0 Å². The minimum atomic E-state index is 0.277. The van der Waals surface area contributed by atoms with Gasteiger partial charge in [-0.05, 0) is 42.3 Å². The molecule has 0 saturated carbocycles. The van der Waals surface area contributed by atoms with E-state index in [4.69, 9.17) is 4.98 Å². The second kappa shape index (κ2) is 5.81. The van der Waals surface area contributed by atoms with Gasteiger partial charge in [0.05, 0.1) is 0 Å². The number of aromatic nitrogens is 3. The molecule has 0 radical (unpaired) electrons. The fourth-order valence-electron chi connectivity index (χ4n) is 2.94. The molecule has 2 aromatic heterocycles. The average Bonchev–Trinajstić information content (AvgIpc) is 3.01. The molecule has 0 unspecified atom stereocenters. The number of imidazole rings is 1. The van der Waals surface area contributed by atoms with E-state index in [2.05, 4.69) is 40.7 Å². The lowest BCUT2D eigenvalue weighted by Gasteiger charge is -2.07. The predicted octanol–water partition coefficient (Wildman–Crippen LogP) is 4.49. The normalized spacial score (nSPS) is 11.0. The van der Waals surface area contributed by atoms with Crippen LogP contribution in [0.3, 0.4) is 0 Å². The molecule has 0 fully saturated rings. The zero-order valence-electron chi connectivity index (χ0n) is 13.3. The minimum Gasteiger partial charge on any atom is -0.508 e. The van der Waals surface area contributed by atoms with E-state index in [9.17, 15) is 5.11 Å². The van der Waals surface area contributed by atoms with E-state index in [1.165, 1.54) is 0 Å². The number of benzene rings is 2. The molecule has 0 aliphatic rings. The molecule has 118 valence electrons. The molecule has 2 aromatic carbocycles. The molecule has 4 heteroatoms. The predicted molar refractivity (Wildman–Crippen MR) is 95.7 cm³/mol. The van der Waals surface area contributed by atoms with Crippen LogP contribution >= 0.6 is 0 Å². The van der Waals surface area contributed by atoms with Crippen molar-refractivity contribution in [3.63, 3.8) is 0 Å². The van der Waals surface area contributed by atoms with E-state index in [1.807, 2.05) is 24.3 Å². The Labute approximate surface area is 140 Å². The third-order valence-electron chi connectivity index (χ3n) is 4.16. The second-order valence-corrected chi connectivity index (χ2v) is 5.65. The van der Waals surface area contributed by atoms with Gasteiger partial charge < -0.3 is 9.67 Å². The Morgan fingerprint density at radius 1 is 0.875 bits per heavy atom. The van der Waals surface area contributed by atoms with Gasteiger partial charge in [-0.25, -0.2) is 9.97 Å². The smallest absolute Gasteiger partial charge is 0.160 e. The maximum Gasteiger partial charge on any atom is 0.160 e. The van der Waals surface area contributed by atoms with Crippen LogP contribution in [0.15, 0.2) is 66.9 Å². The third-order valence-corrected chi connectivity index (χ3v) is 4.16. The lowest BCUT2D eigenvalue weighted by atomic mass is 10.0. The maximum absolute atomic E-state index is 9.41. The topological polar surface area (TPSA) is 50.9 Å². The summed E-state index contributed by atoms with van der Waals surface area (Å²) < 4.78 is 2.13. The number of aryl methyl sites for hydroxylation is 1. The summed E-state index contributed by atoms with van der Waals surface area (Å²) in [5.41, 5.74) is 5.08. The van der Waals surface area contributed by atoms with E-state index in [1.54, 1.807) is 18.3 Å². The van der Waals surface area contributed by atoms with Crippen molar-refractivity contribution in [1.82, 2.24) is 14.5 Å². The summed E-state index contributed by atoms with van der Waals surface area (Å²) >= 11 is 0. The lowest BCUT2D eigenvalue weighted by molar-refractivity contribution is 0.475. The molecule has 0 amide bonds. The number of rotatable bonds is 3. The summed E-state index contributed by atoms with van der Waals surface area (Å²) in [6.07, 6.45) is 1.80. The van der Waals surface area contributed by atoms with Gasteiger partial charge in [0.2, 0.25) is 0 Å². The highest BCUT2D eigenvalue weighted by molar-refractivity contribution is 5.78. The number of aromatic hydroxyl groups is 1. The Kier molecular flexibility index (Phi) is 3.50. The van der Waals surface area contributed by atoms with Crippen LogP contribution in [0.25, 0.3) is 33.7 Å². The molecule has 0 aliphatic heterocycles. The Morgan fingerprint density at radius 2 is 1.50 bits per heavy atom. The van der Waals surface area contributed by atoms with E-state index in [-0.39, 0.29) is 5.75 Å². The van der Waals surface area contributed by atoms with Crippen LogP contribution in [-0.4, -0.2) is 19.6 Å². The summed E-state index contributed by atoms with van der Waals surface area (Å²) in [5.74, 6) is 1.21. The molecule has 0 spiro atoms. The van der Waals surface area contributed by atoms with Crippen molar-refractivity contribution in [1.29, 1.82) is 0 Å². The molecular formula is C20H17N3O. The maximum atomic E-state index is 9.41. The lowest BCUT2D eigenvalue weighted by Crippen LogP contribution is -1.98. The molecular weight excluding hydrogens is 298 g/mol. The first-order valence-corrected chi connectivity index (χ1v) is 7.97. The summed E-state index contributed by atoms with van der Waals surface area (Å²) in [4.78, 5) is 9.18. The van der Waals surface area contributed by atoms with Gasteiger partial charge in [-0.1, -0.05) is 36.4 Å². The zero-order valence-corrected chi connectivity index (χ0v) is 13.3. The third kappa shape index (κ3) is 2.42. The van der Waals surface area contributed by atoms with E-state index >= 15 is 0 Å². The van der Waals surface area contributed by atoms with Crippen molar-refractivity contribution >= 4 is 11.2 Å². The molecule has 2 heterocycles. The van der Waals surface area contributed by atoms with E-state index in [0.717, 1.165) is 40.2 Å². The van der Waals surface area contributed by atoms with Crippen LogP contribution in [-0.2, 0) is 6.54 Å². The first-order chi connectivity index (χ1) is 11.8. The molecule has 0 aliphatic carbocycles. The van der Waals surface area contributed by atoms with Gasteiger partial charge in [0.15, 0.2) is 5.65 Å². The van der Waals surface area contributed by atoms with Gasteiger partial charge in [-0.15, -0.1) is 0 Å². The van der Waals surface area contributed by atoms with Gasteiger partial charge in [0.1, 0.15) is 17.1 Å². The summed E-state index contributed by atoms with van der Waals surface area (Å²) in [7, 11) is 0. The van der Waals surface area contributed by atoms with Crippen LogP contribution in [0.1, 0.15) is 6.92 Å². The Hall–Kier alpha value is -3.14. The molecule has 1 N–H and O–H groups in total. The van der Waals surface area contributed by atoms with Crippen LogP contribution in [0, 0.1) is 0 Å². The molecule has 4 aromatic rings. The van der Waals surface area contributed by atoms with Gasteiger partial charge in [0.25, 0.3) is 0 Å². The highest BCUT2D eigenvalue weighted by Crippen LogP contribution is 2.27. The second-order valence-electron chi connectivity index (χ2n) is 5.65. The summed E-state index contributed by atoms with van der Waals surface area (Å²) in [6, 6.07) is 19.4. The Bertz CT molecular complexity index is 986. The number of hydrogen-bond donors (Lipinski definition) is 1. The molecule has 4 rings (SSSR count). The van der Waals surface area contributed by atoms with Crippen LogP contribution < -0.4 is 0 Å². The van der Waals surface area contributed by atoms with E-state index in [0.29, 0.717) is 0 Å². The molecule has 24 heavy (non-hydrogen) atoms. The quantitative estimate of drug-likeness (QED) is 0.606. The molecule has 0 atom stereocenters. The first kappa shape index (κ1) is 14.5. The van der Waals surface area contributed by atoms with Crippen LogP contribution in [0.5, 0.6) is 5.75 Å². The SMILES string of the molecule is CCn1c(-c2ccc(-c3ccc(O)cc3)cc2)nc2cccnc21. The highest BCUT2D eigenvalue weighted by Gasteiger charge is 2.12. The molecule has 0 saturated heterocycles. The van der Waals surface area contributed by atoms with Crippen molar-refractivity contribution in [2.45, 2.75) is 13.5 Å². The summed E-state index contributed by atoms with van der Waals surface area (Å²) in [6.45, 7) is 2.92. The highest BCUT2D eigenvalue weighted by atomic mass is 16.3. The number of fused-ring (bicyclic) bond motifs is 1.